The maximum absolute atomic E-state index is 12.5. The smallest absolute Gasteiger partial charge is 0.351 e. The summed E-state index contributed by atoms with van der Waals surface area (Å²) in [6.07, 6.45) is 4.08. The van der Waals surface area contributed by atoms with Crippen LogP contribution in [-0.2, 0) is 12.8 Å². The van der Waals surface area contributed by atoms with Crippen molar-refractivity contribution in [2.75, 3.05) is 18.0 Å². The molecule has 136 valence electrons. The molecule has 0 saturated heterocycles. The molecule has 5 heteroatoms. The molecule has 3 heterocycles. The van der Waals surface area contributed by atoms with Crippen LogP contribution in [-0.4, -0.2) is 19.1 Å². The lowest BCUT2D eigenvalue weighted by Gasteiger charge is -2.37. The van der Waals surface area contributed by atoms with Gasteiger partial charge in [-0.3, -0.25) is 0 Å². The van der Waals surface area contributed by atoms with E-state index in [1.807, 2.05) is 6.07 Å². The number of esters is 1. The van der Waals surface area contributed by atoms with Crippen molar-refractivity contribution in [3.8, 4) is 5.75 Å². The lowest BCUT2D eigenvalue weighted by molar-refractivity contribution is 0.0730. The van der Waals surface area contributed by atoms with Crippen LogP contribution in [0.3, 0.4) is 0 Å². The van der Waals surface area contributed by atoms with Gasteiger partial charge in [-0.05, 0) is 55.5 Å². The van der Waals surface area contributed by atoms with Crippen LogP contribution in [0.25, 0.3) is 11.0 Å². The average molecular weight is 361 g/mol. The highest BCUT2D eigenvalue weighted by atomic mass is 16.5. The molecule has 27 heavy (non-hydrogen) atoms. The molecule has 0 aliphatic carbocycles. The molecule has 0 amide bonds. The summed E-state index contributed by atoms with van der Waals surface area (Å²) in [5.74, 6) is -0.289. The quantitative estimate of drug-likeness (QED) is 0.396. The first kappa shape index (κ1) is 16.1. The Morgan fingerprint density at radius 1 is 1.04 bits per heavy atom. The Kier molecular flexibility index (Phi) is 3.74. The summed E-state index contributed by atoms with van der Waals surface area (Å²) in [6, 6.07) is 12.4. The van der Waals surface area contributed by atoms with E-state index in [9.17, 15) is 9.59 Å². The van der Waals surface area contributed by atoms with Crippen LogP contribution < -0.4 is 15.3 Å². The third-order valence-electron chi connectivity index (χ3n) is 5.39. The molecule has 5 nitrogen and oxygen atoms in total. The highest BCUT2D eigenvalue weighted by molar-refractivity contribution is 5.96. The number of para-hydroxylation sites is 1. The molecule has 5 rings (SSSR count). The molecule has 2 aliphatic rings. The van der Waals surface area contributed by atoms with Gasteiger partial charge in [0.05, 0.1) is 0 Å². The van der Waals surface area contributed by atoms with Crippen LogP contribution in [0.5, 0.6) is 5.75 Å². The second-order valence-corrected chi connectivity index (χ2v) is 7.13. The fourth-order valence-corrected chi connectivity index (χ4v) is 4.24. The molecular weight excluding hydrogens is 342 g/mol. The van der Waals surface area contributed by atoms with E-state index in [-0.39, 0.29) is 5.56 Å². The van der Waals surface area contributed by atoms with Crippen LogP contribution in [0.2, 0.25) is 0 Å². The molecule has 2 aliphatic heterocycles. The molecule has 0 bridgehead atoms. The van der Waals surface area contributed by atoms with Crippen molar-refractivity contribution in [2.24, 2.45) is 0 Å². The minimum atomic E-state index is -0.690. The number of ether oxygens (including phenoxy) is 1. The number of hydrogen-bond acceptors (Lipinski definition) is 5. The minimum absolute atomic E-state index is 0.0676. The summed E-state index contributed by atoms with van der Waals surface area (Å²) in [7, 11) is 0. The van der Waals surface area contributed by atoms with Gasteiger partial charge in [0.25, 0.3) is 0 Å². The highest BCUT2D eigenvalue weighted by Crippen LogP contribution is 2.39. The highest BCUT2D eigenvalue weighted by Gasteiger charge is 2.27. The summed E-state index contributed by atoms with van der Waals surface area (Å²) >= 11 is 0. The fraction of sp³-hybridized carbons (Fsp3) is 0.273. The lowest BCUT2D eigenvalue weighted by atomic mass is 9.90. The third kappa shape index (κ3) is 2.70. The first-order valence-electron chi connectivity index (χ1n) is 9.35. The van der Waals surface area contributed by atoms with Crippen molar-refractivity contribution >= 4 is 22.6 Å². The number of carbonyl (C=O) groups is 1. The van der Waals surface area contributed by atoms with Crippen molar-refractivity contribution < 1.29 is 13.9 Å². The maximum atomic E-state index is 12.5. The van der Waals surface area contributed by atoms with Gasteiger partial charge in [0.15, 0.2) is 0 Å². The van der Waals surface area contributed by atoms with Crippen molar-refractivity contribution in [1.29, 1.82) is 0 Å². The van der Waals surface area contributed by atoms with Gasteiger partial charge >= 0.3 is 11.6 Å². The zero-order chi connectivity index (χ0) is 18.4. The van der Waals surface area contributed by atoms with Crippen LogP contribution in [0.4, 0.5) is 5.69 Å². The van der Waals surface area contributed by atoms with Gasteiger partial charge in [-0.15, -0.1) is 0 Å². The number of hydrogen-bond donors (Lipinski definition) is 0. The summed E-state index contributed by atoms with van der Waals surface area (Å²) < 4.78 is 11.0. The molecule has 2 aromatic carbocycles. The lowest BCUT2D eigenvalue weighted by Crippen LogP contribution is -2.34. The van der Waals surface area contributed by atoms with E-state index in [2.05, 4.69) is 11.0 Å². The second kappa shape index (κ2) is 6.27. The fourth-order valence-electron chi connectivity index (χ4n) is 4.24. The van der Waals surface area contributed by atoms with Gasteiger partial charge in [-0.2, -0.15) is 0 Å². The molecule has 0 fully saturated rings. The number of fused-ring (bicyclic) bond motifs is 2. The summed E-state index contributed by atoms with van der Waals surface area (Å²) in [5.41, 5.74) is 3.52. The Morgan fingerprint density at radius 3 is 2.63 bits per heavy atom. The Bertz CT molecular complexity index is 1100. The van der Waals surface area contributed by atoms with Gasteiger partial charge in [-0.25, -0.2) is 9.59 Å². The number of nitrogens with zero attached hydrogens (tertiary/aromatic N) is 1. The number of aryl methyl sites for hydroxylation is 2. The molecule has 0 atom stereocenters. The molecule has 3 aromatic rings. The molecule has 0 spiro atoms. The third-order valence-corrected chi connectivity index (χ3v) is 5.39. The van der Waals surface area contributed by atoms with Crippen LogP contribution >= 0.6 is 0 Å². The Labute approximate surface area is 156 Å². The largest absolute Gasteiger partial charge is 0.423 e. The van der Waals surface area contributed by atoms with Crippen molar-refractivity contribution in [3.05, 3.63) is 69.6 Å². The van der Waals surface area contributed by atoms with Crippen molar-refractivity contribution in [1.82, 2.24) is 0 Å². The van der Waals surface area contributed by atoms with E-state index in [0.29, 0.717) is 11.3 Å². The Hall–Kier alpha value is -3.08. The standard InChI is InChI=1S/C22H19NO4/c24-21(26-16-7-2-1-3-8-16)18-13-15-12-14-6-4-10-23-11-5-9-17(19(14)23)20(15)27-22(18)25/h1-3,7-8,12-13H,4-6,9-11H2. The average Bonchev–Trinajstić information content (AvgIpc) is 2.69. The van der Waals surface area contributed by atoms with E-state index < -0.39 is 11.6 Å². The van der Waals surface area contributed by atoms with E-state index in [1.54, 1.807) is 30.3 Å². The molecule has 1 aromatic heterocycles. The van der Waals surface area contributed by atoms with E-state index in [0.717, 1.165) is 49.7 Å². The van der Waals surface area contributed by atoms with Gasteiger partial charge in [0, 0.05) is 29.7 Å². The first-order valence-corrected chi connectivity index (χ1v) is 9.35. The summed E-state index contributed by atoms with van der Waals surface area (Å²) in [6.45, 7) is 2.11. The minimum Gasteiger partial charge on any atom is -0.423 e. The summed E-state index contributed by atoms with van der Waals surface area (Å²) in [4.78, 5) is 27.4. The topological polar surface area (TPSA) is 59.8 Å². The van der Waals surface area contributed by atoms with Crippen molar-refractivity contribution in [3.63, 3.8) is 0 Å². The second-order valence-electron chi connectivity index (χ2n) is 7.13. The van der Waals surface area contributed by atoms with Gasteiger partial charge in [0.2, 0.25) is 0 Å². The van der Waals surface area contributed by atoms with Crippen LogP contribution in [0, 0.1) is 0 Å². The van der Waals surface area contributed by atoms with E-state index in [1.165, 1.54) is 11.3 Å². The van der Waals surface area contributed by atoms with Gasteiger partial charge in [0.1, 0.15) is 16.9 Å². The monoisotopic (exact) mass is 361 g/mol. The molecule has 0 radical (unpaired) electrons. The van der Waals surface area contributed by atoms with Gasteiger partial charge in [-0.1, -0.05) is 18.2 Å². The molecule has 0 N–H and O–H groups in total. The Morgan fingerprint density at radius 2 is 1.81 bits per heavy atom. The summed E-state index contributed by atoms with van der Waals surface area (Å²) in [5, 5.41) is 0.798. The zero-order valence-electron chi connectivity index (χ0n) is 14.9. The Balaban J connectivity index is 1.62. The number of benzene rings is 2. The molecular formula is C22H19NO4. The number of anilines is 1. The van der Waals surface area contributed by atoms with Crippen LogP contribution in [0.15, 0.2) is 51.7 Å². The zero-order valence-corrected chi connectivity index (χ0v) is 14.9. The molecule has 0 unspecified atom stereocenters. The predicted molar refractivity (Wildman–Crippen MR) is 103 cm³/mol. The first-order chi connectivity index (χ1) is 13.2. The number of carbonyl (C=O) groups excluding carboxylic acids is 1. The van der Waals surface area contributed by atoms with E-state index in [4.69, 9.17) is 9.15 Å². The predicted octanol–water partition coefficient (Wildman–Crippen LogP) is 3.71. The van der Waals surface area contributed by atoms with Crippen LogP contribution in [0.1, 0.15) is 34.3 Å². The molecule has 0 saturated carbocycles. The van der Waals surface area contributed by atoms with Gasteiger partial charge < -0.3 is 14.1 Å². The maximum Gasteiger partial charge on any atom is 0.351 e. The number of rotatable bonds is 2. The van der Waals surface area contributed by atoms with E-state index >= 15 is 0 Å². The SMILES string of the molecule is O=C(Oc1ccccc1)c1cc2cc3c4c(c2oc1=O)CCCN4CCC3. The van der Waals surface area contributed by atoms with Crippen molar-refractivity contribution in [2.45, 2.75) is 25.7 Å². The normalized spacial score (nSPS) is 15.5.